The number of anilines is 1. The topological polar surface area (TPSA) is 90.1 Å². The van der Waals surface area contributed by atoms with E-state index >= 15 is 0 Å². The van der Waals surface area contributed by atoms with Crippen LogP contribution in [0.2, 0.25) is 0 Å². The summed E-state index contributed by atoms with van der Waals surface area (Å²) in [4.78, 5) is 24.1. The lowest BCUT2D eigenvalue weighted by Gasteiger charge is -2.13. The van der Waals surface area contributed by atoms with Crippen LogP contribution in [0.15, 0.2) is 29.4 Å². The summed E-state index contributed by atoms with van der Waals surface area (Å²) in [5.74, 6) is 1.21. The number of aromatic nitrogens is 2. The molecule has 2 heterocycles. The Morgan fingerprint density at radius 3 is 2.93 bits per heavy atom. The maximum absolute atomic E-state index is 12.6. The SMILES string of the molecule is COc1ccccc1CNC(=O)C(C)Sc1nc(N)c2c3c(sc2n1)CCCC3. The van der Waals surface area contributed by atoms with Gasteiger partial charge in [0.05, 0.1) is 17.7 Å². The van der Waals surface area contributed by atoms with E-state index in [4.69, 9.17) is 15.5 Å². The second-order valence-electron chi connectivity index (χ2n) is 7.07. The minimum atomic E-state index is -0.337. The first-order valence-electron chi connectivity index (χ1n) is 9.71. The molecule has 0 bridgehead atoms. The lowest BCUT2D eigenvalue weighted by Crippen LogP contribution is -2.30. The van der Waals surface area contributed by atoms with Crippen LogP contribution < -0.4 is 15.8 Å². The van der Waals surface area contributed by atoms with Crippen molar-refractivity contribution in [2.45, 2.75) is 49.6 Å². The van der Waals surface area contributed by atoms with Crippen LogP contribution in [-0.2, 0) is 24.2 Å². The summed E-state index contributed by atoms with van der Waals surface area (Å²) in [6.45, 7) is 2.26. The van der Waals surface area contributed by atoms with Gasteiger partial charge < -0.3 is 15.8 Å². The number of aryl methyl sites for hydroxylation is 2. The summed E-state index contributed by atoms with van der Waals surface area (Å²) >= 11 is 3.05. The Balaban J connectivity index is 1.45. The third-order valence-electron chi connectivity index (χ3n) is 5.12. The van der Waals surface area contributed by atoms with Crippen LogP contribution in [0.4, 0.5) is 5.82 Å². The molecule has 0 aliphatic heterocycles. The molecule has 0 spiro atoms. The summed E-state index contributed by atoms with van der Waals surface area (Å²) < 4.78 is 5.33. The number of hydrogen-bond donors (Lipinski definition) is 2. The normalized spacial score (nSPS) is 14.4. The standard InChI is InChI=1S/C21H24N4O2S2/c1-12(19(26)23-11-13-7-3-5-9-15(13)27-2)28-21-24-18(22)17-14-8-4-6-10-16(14)29-20(17)25-21/h3,5,7,9,12H,4,6,8,10-11H2,1-2H3,(H,23,26)(H2,22,24,25). The van der Waals surface area contributed by atoms with E-state index in [1.807, 2.05) is 31.2 Å². The molecule has 0 fully saturated rings. The molecule has 29 heavy (non-hydrogen) atoms. The Morgan fingerprint density at radius 2 is 2.10 bits per heavy atom. The Labute approximate surface area is 178 Å². The molecule has 0 saturated heterocycles. The summed E-state index contributed by atoms with van der Waals surface area (Å²) in [5, 5.41) is 4.19. The Kier molecular flexibility index (Phi) is 5.91. The molecular formula is C21H24N4O2S2. The Hall–Kier alpha value is -2.32. The number of nitrogen functional groups attached to an aromatic ring is 1. The molecule has 1 aliphatic rings. The van der Waals surface area contributed by atoms with E-state index in [-0.39, 0.29) is 11.2 Å². The van der Waals surface area contributed by atoms with Crippen LogP contribution >= 0.6 is 23.1 Å². The van der Waals surface area contributed by atoms with Gasteiger partial charge in [0.15, 0.2) is 5.16 Å². The van der Waals surface area contributed by atoms with E-state index in [9.17, 15) is 4.79 Å². The van der Waals surface area contributed by atoms with Crippen molar-refractivity contribution < 1.29 is 9.53 Å². The number of nitrogens with two attached hydrogens (primary N) is 1. The van der Waals surface area contributed by atoms with Crippen molar-refractivity contribution in [1.82, 2.24) is 15.3 Å². The van der Waals surface area contributed by atoms with Crippen molar-refractivity contribution in [3.05, 3.63) is 40.3 Å². The number of nitrogens with zero attached hydrogens (tertiary/aromatic N) is 2. The predicted octanol–water partition coefficient (Wildman–Crippen LogP) is 3.96. The minimum absolute atomic E-state index is 0.0753. The number of hydrogen-bond acceptors (Lipinski definition) is 7. The fraction of sp³-hybridized carbons (Fsp3) is 0.381. The van der Waals surface area contributed by atoms with Crippen molar-refractivity contribution >= 4 is 45.0 Å². The van der Waals surface area contributed by atoms with Crippen molar-refractivity contribution in [3.63, 3.8) is 0 Å². The zero-order valence-electron chi connectivity index (χ0n) is 16.5. The number of carbonyl (C=O) groups is 1. The summed E-state index contributed by atoms with van der Waals surface area (Å²) in [5.41, 5.74) is 8.54. The van der Waals surface area contributed by atoms with E-state index in [0.717, 1.165) is 34.4 Å². The number of fused-ring (bicyclic) bond motifs is 3. The predicted molar refractivity (Wildman–Crippen MR) is 119 cm³/mol. The van der Waals surface area contributed by atoms with Gasteiger partial charge in [-0.1, -0.05) is 30.0 Å². The Morgan fingerprint density at radius 1 is 1.31 bits per heavy atom. The van der Waals surface area contributed by atoms with Crippen LogP contribution in [-0.4, -0.2) is 28.2 Å². The van der Waals surface area contributed by atoms with Crippen molar-refractivity contribution in [3.8, 4) is 5.75 Å². The van der Waals surface area contributed by atoms with Crippen LogP contribution in [0.3, 0.4) is 0 Å². The molecule has 1 unspecified atom stereocenters. The van der Waals surface area contributed by atoms with Gasteiger partial charge in [0, 0.05) is 17.0 Å². The second kappa shape index (κ2) is 8.59. The Bertz CT molecular complexity index is 1050. The first-order chi connectivity index (χ1) is 14.1. The number of nitrogens with one attached hydrogen (secondary N) is 1. The van der Waals surface area contributed by atoms with Gasteiger partial charge in [-0.15, -0.1) is 11.3 Å². The summed E-state index contributed by atoms with van der Waals surface area (Å²) in [7, 11) is 1.62. The largest absolute Gasteiger partial charge is 0.496 e. The molecule has 6 nitrogen and oxygen atoms in total. The van der Waals surface area contributed by atoms with Crippen molar-refractivity contribution in [2.24, 2.45) is 0 Å². The third kappa shape index (κ3) is 4.18. The fourth-order valence-corrected chi connectivity index (χ4v) is 5.73. The zero-order chi connectivity index (χ0) is 20.4. The van der Waals surface area contributed by atoms with Gasteiger partial charge in [-0.3, -0.25) is 4.79 Å². The molecule has 152 valence electrons. The maximum Gasteiger partial charge on any atom is 0.233 e. The first kappa shape index (κ1) is 20.0. The van der Waals surface area contributed by atoms with Crippen LogP contribution in [0.25, 0.3) is 10.2 Å². The van der Waals surface area contributed by atoms with E-state index in [2.05, 4.69) is 10.3 Å². The first-order valence-corrected chi connectivity index (χ1v) is 11.4. The molecule has 3 aromatic rings. The minimum Gasteiger partial charge on any atom is -0.496 e. The molecule has 1 aromatic carbocycles. The molecule has 2 aromatic heterocycles. The van der Waals surface area contributed by atoms with Crippen molar-refractivity contribution in [1.29, 1.82) is 0 Å². The lowest BCUT2D eigenvalue weighted by atomic mass is 9.97. The van der Waals surface area contributed by atoms with E-state index in [1.54, 1.807) is 18.4 Å². The monoisotopic (exact) mass is 428 g/mol. The molecule has 0 saturated carbocycles. The van der Waals surface area contributed by atoms with Gasteiger partial charge in [-0.05, 0) is 44.2 Å². The maximum atomic E-state index is 12.6. The van der Waals surface area contributed by atoms with Gasteiger partial charge in [0.1, 0.15) is 16.4 Å². The van der Waals surface area contributed by atoms with Crippen LogP contribution in [0.1, 0.15) is 35.8 Å². The number of para-hydroxylation sites is 1. The van der Waals surface area contributed by atoms with Gasteiger partial charge >= 0.3 is 0 Å². The van der Waals surface area contributed by atoms with Crippen LogP contribution in [0.5, 0.6) is 5.75 Å². The number of thioether (sulfide) groups is 1. The van der Waals surface area contributed by atoms with Gasteiger partial charge in [-0.2, -0.15) is 0 Å². The number of carbonyl (C=O) groups excluding carboxylic acids is 1. The highest BCUT2D eigenvalue weighted by Crippen LogP contribution is 2.38. The number of amides is 1. The van der Waals surface area contributed by atoms with Crippen LogP contribution in [0, 0.1) is 0 Å². The van der Waals surface area contributed by atoms with Gasteiger partial charge in [0.2, 0.25) is 5.91 Å². The third-order valence-corrected chi connectivity index (χ3v) is 7.27. The molecule has 1 aliphatic carbocycles. The fourth-order valence-electron chi connectivity index (χ4n) is 3.60. The van der Waals surface area contributed by atoms with E-state index < -0.39 is 0 Å². The molecule has 4 rings (SSSR count). The molecule has 0 radical (unpaired) electrons. The molecule has 8 heteroatoms. The smallest absolute Gasteiger partial charge is 0.233 e. The highest BCUT2D eigenvalue weighted by atomic mass is 32.2. The highest BCUT2D eigenvalue weighted by molar-refractivity contribution is 8.00. The zero-order valence-corrected chi connectivity index (χ0v) is 18.2. The van der Waals surface area contributed by atoms with Gasteiger partial charge in [-0.25, -0.2) is 9.97 Å². The number of rotatable bonds is 6. The summed E-state index contributed by atoms with van der Waals surface area (Å²) in [6, 6.07) is 7.65. The number of ether oxygens (including phenoxy) is 1. The second-order valence-corrected chi connectivity index (χ2v) is 9.46. The number of thiophene rings is 1. The van der Waals surface area contributed by atoms with E-state index in [1.165, 1.54) is 35.0 Å². The number of methoxy groups -OCH3 is 1. The quantitative estimate of drug-likeness (QED) is 0.456. The lowest BCUT2D eigenvalue weighted by molar-refractivity contribution is -0.120. The average molecular weight is 429 g/mol. The van der Waals surface area contributed by atoms with Gasteiger partial charge in [0.25, 0.3) is 0 Å². The average Bonchev–Trinajstić information content (AvgIpc) is 3.10. The molecule has 1 amide bonds. The highest BCUT2D eigenvalue weighted by Gasteiger charge is 2.22. The van der Waals surface area contributed by atoms with Crippen molar-refractivity contribution in [2.75, 3.05) is 12.8 Å². The summed E-state index contributed by atoms with van der Waals surface area (Å²) in [6.07, 6.45) is 4.56. The molecule has 3 N–H and O–H groups in total. The number of benzene rings is 1. The molecule has 1 atom stereocenters. The van der Waals surface area contributed by atoms with E-state index in [0.29, 0.717) is 17.5 Å². The molecular weight excluding hydrogens is 404 g/mol.